The van der Waals surface area contributed by atoms with E-state index in [1.165, 1.54) is 0 Å². The average Bonchev–Trinajstić information content (AvgIpc) is 2.44. The number of hydrogen-bond donors (Lipinski definition) is 0. The van der Waals surface area contributed by atoms with Crippen molar-refractivity contribution in [2.24, 2.45) is 10.3 Å². The highest BCUT2D eigenvalue weighted by atomic mass is 32.2. The Balaban J connectivity index is 1.65. The fraction of sp³-hybridized carbons (Fsp3) is 1.00. The lowest BCUT2D eigenvalue weighted by Gasteiger charge is -2.34. The van der Waals surface area contributed by atoms with Crippen LogP contribution in [0.4, 0.5) is 0 Å². The average molecular weight is 352 g/mol. The second-order valence-corrected chi connectivity index (χ2v) is 11.7. The number of likely N-dealkylation sites (tertiary alicyclic amines) is 1. The largest absolute Gasteiger partial charge is 0.302 e. The number of hydrogen-bond acceptors (Lipinski definition) is 6. The molecule has 8 heteroatoms. The predicted octanol–water partition coefficient (Wildman–Crippen LogP) is 0.156. The quantitative estimate of drug-likeness (QED) is 0.705. The maximum absolute atomic E-state index is 11.6. The van der Waals surface area contributed by atoms with Crippen LogP contribution in [0.2, 0.25) is 0 Å². The Kier molecular flexibility index (Phi) is 6.27. The molecular weight excluding hydrogens is 322 g/mol. The van der Waals surface area contributed by atoms with Gasteiger partial charge in [-0.05, 0) is 31.8 Å². The lowest BCUT2D eigenvalue weighted by molar-refractivity contribution is 0.161. The van der Waals surface area contributed by atoms with Crippen LogP contribution < -0.4 is 0 Å². The summed E-state index contributed by atoms with van der Waals surface area (Å²) in [6.07, 6.45) is 5.63. The first kappa shape index (κ1) is 18.2. The molecule has 0 radical (unpaired) electrons. The molecule has 0 aromatic heterocycles. The summed E-state index contributed by atoms with van der Waals surface area (Å²) in [6.45, 7) is 6.20. The van der Waals surface area contributed by atoms with Gasteiger partial charge in [0.05, 0.1) is 18.1 Å². The van der Waals surface area contributed by atoms with Crippen LogP contribution in [0, 0.1) is 5.92 Å². The van der Waals surface area contributed by atoms with Gasteiger partial charge in [0.1, 0.15) is 0 Å². The predicted molar refractivity (Wildman–Crippen MR) is 91.5 cm³/mol. The third-order valence-corrected chi connectivity index (χ3v) is 6.90. The summed E-state index contributed by atoms with van der Waals surface area (Å²) >= 11 is 0. The van der Waals surface area contributed by atoms with E-state index in [-0.39, 0.29) is 0 Å². The third kappa shape index (κ3) is 6.52. The molecule has 0 aliphatic carbocycles. The van der Waals surface area contributed by atoms with Crippen LogP contribution in [0.25, 0.3) is 0 Å². The third-order valence-electron chi connectivity index (χ3n) is 4.52. The fourth-order valence-electron chi connectivity index (χ4n) is 2.93. The van der Waals surface area contributed by atoms with Gasteiger partial charge in [0.2, 0.25) is 0 Å². The van der Waals surface area contributed by atoms with Gasteiger partial charge in [0.15, 0.2) is 9.84 Å². The standard InChI is InChI=1S/C14H29N3O3S2/c1-21(2,18)15-13-14-3-5-16(6-4-14)7-8-17-9-11-22(19,20)12-10-17/h14H,3-13H2,1-2H3. The van der Waals surface area contributed by atoms with Crippen molar-refractivity contribution in [1.82, 2.24) is 9.80 Å². The minimum Gasteiger partial charge on any atom is -0.302 e. The Morgan fingerprint density at radius 1 is 1.00 bits per heavy atom. The molecule has 0 atom stereocenters. The van der Waals surface area contributed by atoms with E-state index in [4.69, 9.17) is 0 Å². The number of sulfone groups is 1. The van der Waals surface area contributed by atoms with Gasteiger partial charge in [0.25, 0.3) is 0 Å². The van der Waals surface area contributed by atoms with Gasteiger partial charge in [-0.15, -0.1) is 0 Å². The Labute approximate surface area is 135 Å². The summed E-state index contributed by atoms with van der Waals surface area (Å²) in [4.78, 5) is 4.71. The minimum absolute atomic E-state index is 0.309. The summed E-state index contributed by atoms with van der Waals surface area (Å²) in [5.74, 6) is 1.19. The van der Waals surface area contributed by atoms with Crippen molar-refractivity contribution in [2.75, 3.05) is 69.8 Å². The second kappa shape index (κ2) is 7.59. The lowest BCUT2D eigenvalue weighted by atomic mass is 9.97. The first-order chi connectivity index (χ1) is 10.2. The molecular formula is C14H29N3O3S2. The Morgan fingerprint density at radius 3 is 2.00 bits per heavy atom. The molecule has 2 fully saturated rings. The van der Waals surface area contributed by atoms with Gasteiger partial charge in [-0.1, -0.05) is 0 Å². The zero-order valence-electron chi connectivity index (χ0n) is 13.7. The van der Waals surface area contributed by atoms with Gasteiger partial charge in [-0.2, -0.15) is 0 Å². The first-order valence-electron chi connectivity index (χ1n) is 8.01. The van der Waals surface area contributed by atoms with E-state index in [1.807, 2.05) is 0 Å². The van der Waals surface area contributed by atoms with Crippen LogP contribution in [-0.2, 0) is 19.6 Å². The van der Waals surface area contributed by atoms with Crippen LogP contribution >= 0.6 is 0 Å². The summed E-state index contributed by atoms with van der Waals surface area (Å²) in [5, 5.41) is 0. The molecule has 0 aromatic rings. The van der Waals surface area contributed by atoms with Crippen molar-refractivity contribution in [3.63, 3.8) is 0 Å². The van der Waals surface area contributed by atoms with Crippen molar-refractivity contribution in [1.29, 1.82) is 0 Å². The number of nitrogens with zero attached hydrogens (tertiary/aromatic N) is 3. The molecule has 0 N–H and O–H groups in total. The van der Waals surface area contributed by atoms with Gasteiger partial charge in [-0.3, -0.25) is 4.21 Å². The Hall–Kier alpha value is -0.180. The zero-order valence-corrected chi connectivity index (χ0v) is 15.4. The summed E-state index contributed by atoms with van der Waals surface area (Å²) in [7, 11) is -4.74. The highest BCUT2D eigenvalue weighted by Gasteiger charge is 2.23. The molecule has 2 rings (SSSR count). The summed E-state index contributed by atoms with van der Waals surface area (Å²) in [5.41, 5.74) is 0. The highest BCUT2D eigenvalue weighted by Crippen LogP contribution is 2.18. The molecule has 2 heterocycles. The monoisotopic (exact) mass is 351 g/mol. The minimum atomic E-state index is -2.77. The SMILES string of the molecule is CS(C)(=O)=NCC1CCN(CCN2CCS(=O)(=O)CC2)CC1. The Morgan fingerprint density at radius 2 is 1.50 bits per heavy atom. The smallest absolute Gasteiger partial charge is 0.152 e. The zero-order chi connectivity index (χ0) is 16.2. The van der Waals surface area contributed by atoms with Crippen molar-refractivity contribution >= 4 is 19.6 Å². The van der Waals surface area contributed by atoms with E-state index >= 15 is 0 Å². The van der Waals surface area contributed by atoms with Crippen LogP contribution in [0.15, 0.2) is 4.36 Å². The second-order valence-electron chi connectivity index (χ2n) is 6.77. The van der Waals surface area contributed by atoms with E-state index in [9.17, 15) is 12.6 Å². The number of piperidine rings is 1. The molecule has 0 unspecified atom stereocenters. The van der Waals surface area contributed by atoms with Crippen LogP contribution in [0.3, 0.4) is 0 Å². The van der Waals surface area contributed by atoms with Gasteiger partial charge >= 0.3 is 0 Å². The van der Waals surface area contributed by atoms with E-state index < -0.39 is 19.6 Å². The molecule has 130 valence electrons. The summed E-state index contributed by atoms with van der Waals surface area (Å²) < 4.78 is 38.7. The van der Waals surface area contributed by atoms with Crippen LogP contribution in [0.1, 0.15) is 12.8 Å². The van der Waals surface area contributed by atoms with Crippen LogP contribution in [-0.4, -0.2) is 92.3 Å². The molecule has 2 saturated heterocycles. The molecule has 22 heavy (non-hydrogen) atoms. The molecule has 2 aliphatic rings. The van der Waals surface area contributed by atoms with Crippen LogP contribution in [0.5, 0.6) is 0 Å². The molecule has 2 aliphatic heterocycles. The summed E-state index contributed by atoms with van der Waals surface area (Å²) in [6, 6.07) is 0. The molecule has 0 aromatic carbocycles. The highest BCUT2D eigenvalue weighted by molar-refractivity contribution is 7.92. The lowest BCUT2D eigenvalue weighted by Crippen LogP contribution is -2.45. The van der Waals surface area contributed by atoms with Gasteiger partial charge in [-0.25, -0.2) is 12.8 Å². The topological polar surface area (TPSA) is 70.1 Å². The van der Waals surface area contributed by atoms with E-state index in [0.717, 1.165) is 45.6 Å². The van der Waals surface area contributed by atoms with Crippen molar-refractivity contribution in [3.05, 3.63) is 0 Å². The molecule has 0 bridgehead atoms. The molecule has 0 amide bonds. The molecule has 0 saturated carbocycles. The molecule has 0 spiro atoms. The normalized spacial score (nSPS) is 25.2. The van der Waals surface area contributed by atoms with E-state index in [2.05, 4.69) is 14.2 Å². The maximum Gasteiger partial charge on any atom is 0.152 e. The number of rotatable bonds is 5. The Bertz CT molecular complexity index is 552. The van der Waals surface area contributed by atoms with Gasteiger partial charge in [0, 0.05) is 48.4 Å². The fourth-order valence-corrected chi connectivity index (χ4v) is 4.78. The molecule has 6 nitrogen and oxygen atoms in total. The van der Waals surface area contributed by atoms with E-state index in [1.54, 1.807) is 12.5 Å². The van der Waals surface area contributed by atoms with Crippen molar-refractivity contribution < 1.29 is 12.6 Å². The first-order valence-corrected chi connectivity index (χ1v) is 12.2. The van der Waals surface area contributed by atoms with Crippen molar-refractivity contribution in [2.45, 2.75) is 12.8 Å². The van der Waals surface area contributed by atoms with Crippen molar-refractivity contribution in [3.8, 4) is 0 Å². The van der Waals surface area contributed by atoms with Gasteiger partial charge < -0.3 is 9.80 Å². The van der Waals surface area contributed by atoms with E-state index in [0.29, 0.717) is 30.5 Å². The maximum atomic E-state index is 11.6.